The molecule has 2 amide bonds. The van der Waals surface area contributed by atoms with Gasteiger partial charge in [0.05, 0.1) is 19.2 Å². The minimum atomic E-state index is -0.540. The number of amides is 2. The van der Waals surface area contributed by atoms with Crippen molar-refractivity contribution in [2.24, 2.45) is 0 Å². The first-order valence-corrected chi connectivity index (χ1v) is 10.4. The number of ether oxygens (including phenoxy) is 4. The third-order valence-electron chi connectivity index (χ3n) is 5.22. The van der Waals surface area contributed by atoms with Gasteiger partial charge >= 0.3 is 0 Å². The van der Waals surface area contributed by atoms with Gasteiger partial charge in [0, 0.05) is 17.6 Å². The minimum absolute atomic E-state index is 0.201. The summed E-state index contributed by atoms with van der Waals surface area (Å²) in [4.78, 5) is 27.4. The molecule has 1 saturated heterocycles. The number of fused-ring (bicyclic) bond motifs is 1. The molecule has 2 heterocycles. The largest absolute Gasteiger partial charge is 0.496 e. The van der Waals surface area contributed by atoms with Gasteiger partial charge < -0.3 is 29.2 Å². The van der Waals surface area contributed by atoms with Gasteiger partial charge in [-0.2, -0.15) is 0 Å². The average molecular weight is 447 g/mol. The number of nitrogens with zero attached hydrogens (tertiary/aromatic N) is 1. The Morgan fingerprint density at radius 1 is 1.19 bits per heavy atom. The van der Waals surface area contributed by atoms with Crippen molar-refractivity contribution in [2.75, 3.05) is 33.6 Å². The van der Waals surface area contributed by atoms with Gasteiger partial charge in [-0.05, 0) is 43.2 Å². The third kappa shape index (κ3) is 4.64. The number of carbonyl (C=O) groups is 2. The van der Waals surface area contributed by atoms with E-state index < -0.39 is 6.04 Å². The van der Waals surface area contributed by atoms with Crippen molar-refractivity contribution in [1.29, 1.82) is 0 Å². The Bertz CT molecular complexity index is 982. The van der Waals surface area contributed by atoms with Crippen LogP contribution in [-0.4, -0.2) is 56.4 Å². The van der Waals surface area contributed by atoms with Gasteiger partial charge in [0.2, 0.25) is 12.7 Å². The molecule has 1 atom stereocenters. The molecule has 2 aromatic rings. The number of hydrogen-bond acceptors (Lipinski definition) is 6. The van der Waals surface area contributed by atoms with E-state index in [1.165, 1.54) is 7.11 Å². The van der Waals surface area contributed by atoms with Crippen LogP contribution < -0.4 is 24.3 Å². The molecule has 2 aromatic carbocycles. The summed E-state index contributed by atoms with van der Waals surface area (Å²) in [5.74, 6) is 1.90. The lowest BCUT2D eigenvalue weighted by atomic mass is 10.1. The van der Waals surface area contributed by atoms with Crippen molar-refractivity contribution in [3.05, 3.63) is 47.0 Å². The van der Waals surface area contributed by atoms with Crippen LogP contribution in [0.15, 0.2) is 36.4 Å². The molecule has 0 spiro atoms. The van der Waals surface area contributed by atoms with Gasteiger partial charge in [0.25, 0.3) is 5.91 Å². The van der Waals surface area contributed by atoms with Gasteiger partial charge in [-0.25, -0.2) is 0 Å². The van der Waals surface area contributed by atoms with Crippen LogP contribution in [0.1, 0.15) is 23.2 Å². The zero-order valence-electron chi connectivity index (χ0n) is 17.1. The number of benzene rings is 2. The summed E-state index contributed by atoms with van der Waals surface area (Å²) < 4.78 is 21.5. The average Bonchev–Trinajstić information content (AvgIpc) is 3.45. The Hall–Kier alpha value is -3.13. The van der Waals surface area contributed by atoms with E-state index >= 15 is 0 Å². The molecule has 0 aromatic heterocycles. The van der Waals surface area contributed by atoms with E-state index in [0.717, 1.165) is 6.42 Å². The van der Waals surface area contributed by atoms with Gasteiger partial charge in [0.1, 0.15) is 24.1 Å². The van der Waals surface area contributed by atoms with Crippen LogP contribution >= 0.6 is 11.6 Å². The Kier molecular flexibility index (Phi) is 6.36. The van der Waals surface area contributed by atoms with Crippen molar-refractivity contribution in [2.45, 2.75) is 18.9 Å². The van der Waals surface area contributed by atoms with E-state index in [2.05, 4.69) is 5.32 Å². The highest BCUT2D eigenvalue weighted by Crippen LogP contribution is 2.35. The second-order valence-electron chi connectivity index (χ2n) is 7.16. The maximum Gasteiger partial charge on any atom is 0.258 e. The molecule has 0 saturated carbocycles. The van der Waals surface area contributed by atoms with E-state index in [4.69, 9.17) is 30.5 Å². The molecule has 1 unspecified atom stereocenters. The smallest absolute Gasteiger partial charge is 0.258 e. The molecule has 2 aliphatic heterocycles. The molecule has 1 N–H and O–H groups in total. The molecular weight excluding hydrogens is 424 g/mol. The summed E-state index contributed by atoms with van der Waals surface area (Å²) in [6.07, 6.45) is 1.35. The molecule has 9 heteroatoms. The molecular formula is C22H23ClN2O6. The lowest BCUT2D eigenvalue weighted by Gasteiger charge is -2.25. The fourth-order valence-electron chi connectivity index (χ4n) is 3.71. The summed E-state index contributed by atoms with van der Waals surface area (Å²) in [5, 5.41) is 3.29. The lowest BCUT2D eigenvalue weighted by molar-refractivity contribution is -0.124. The molecule has 0 bridgehead atoms. The maximum atomic E-state index is 13.1. The summed E-state index contributed by atoms with van der Waals surface area (Å²) in [7, 11) is 1.49. The number of hydrogen-bond donors (Lipinski definition) is 1. The Labute approximate surface area is 185 Å². The zero-order chi connectivity index (χ0) is 21.8. The molecule has 4 rings (SSSR count). The first-order valence-electron chi connectivity index (χ1n) is 10.0. The van der Waals surface area contributed by atoms with Gasteiger partial charge in [-0.1, -0.05) is 11.6 Å². The number of carbonyl (C=O) groups excluding carboxylic acids is 2. The van der Waals surface area contributed by atoms with Gasteiger partial charge in [-0.15, -0.1) is 0 Å². The highest BCUT2D eigenvalue weighted by atomic mass is 35.5. The first-order chi connectivity index (χ1) is 15.1. The van der Waals surface area contributed by atoms with Crippen molar-refractivity contribution in [3.8, 4) is 23.0 Å². The van der Waals surface area contributed by atoms with Crippen molar-refractivity contribution < 1.29 is 28.5 Å². The molecule has 0 radical (unpaired) electrons. The second-order valence-corrected chi connectivity index (χ2v) is 7.59. The number of halogens is 1. The topological polar surface area (TPSA) is 86.3 Å². The normalized spacial score (nSPS) is 16.8. The fourth-order valence-corrected chi connectivity index (χ4v) is 3.88. The number of methoxy groups -OCH3 is 1. The van der Waals surface area contributed by atoms with Crippen molar-refractivity contribution in [3.63, 3.8) is 0 Å². The van der Waals surface area contributed by atoms with Gasteiger partial charge in [0.15, 0.2) is 11.5 Å². The van der Waals surface area contributed by atoms with Crippen LogP contribution in [0.3, 0.4) is 0 Å². The highest BCUT2D eigenvalue weighted by Gasteiger charge is 2.35. The van der Waals surface area contributed by atoms with E-state index in [-0.39, 0.29) is 25.2 Å². The molecule has 164 valence electrons. The van der Waals surface area contributed by atoms with Crippen LogP contribution in [0.5, 0.6) is 23.0 Å². The molecule has 2 aliphatic rings. The predicted molar refractivity (Wildman–Crippen MR) is 113 cm³/mol. The summed E-state index contributed by atoms with van der Waals surface area (Å²) in [5.41, 5.74) is 0.348. The minimum Gasteiger partial charge on any atom is -0.496 e. The summed E-state index contributed by atoms with van der Waals surface area (Å²) in [6.45, 7) is 1.30. The second kappa shape index (κ2) is 9.34. The van der Waals surface area contributed by atoms with E-state index in [1.807, 2.05) is 0 Å². The standard InChI is InChI=1S/C22H23ClN2O6/c1-28-18-6-4-14(23)11-16(18)22(27)25-9-2-3-17(25)21(26)24-8-10-29-15-5-7-19-20(12-15)31-13-30-19/h4-7,11-12,17H,2-3,8-10,13H2,1H3,(H,24,26). The Morgan fingerprint density at radius 2 is 2.03 bits per heavy atom. The maximum absolute atomic E-state index is 13.1. The van der Waals surface area contributed by atoms with Gasteiger partial charge in [-0.3, -0.25) is 9.59 Å². The quantitative estimate of drug-likeness (QED) is 0.658. The lowest BCUT2D eigenvalue weighted by Crippen LogP contribution is -2.46. The third-order valence-corrected chi connectivity index (χ3v) is 5.46. The summed E-state index contributed by atoms with van der Waals surface area (Å²) in [6, 6.07) is 9.64. The first kappa shape index (κ1) is 21.1. The van der Waals surface area contributed by atoms with Crippen LogP contribution in [0, 0.1) is 0 Å². The van der Waals surface area contributed by atoms with E-state index in [9.17, 15) is 9.59 Å². The fraction of sp³-hybridized carbons (Fsp3) is 0.364. The zero-order valence-corrected chi connectivity index (χ0v) is 17.8. The Balaban J connectivity index is 1.32. The van der Waals surface area contributed by atoms with Crippen molar-refractivity contribution >= 4 is 23.4 Å². The predicted octanol–water partition coefficient (Wildman–Crippen LogP) is 2.88. The van der Waals surface area contributed by atoms with Crippen LogP contribution in [0.2, 0.25) is 5.02 Å². The molecule has 1 fully saturated rings. The Morgan fingerprint density at radius 3 is 2.87 bits per heavy atom. The highest BCUT2D eigenvalue weighted by molar-refractivity contribution is 6.31. The summed E-state index contributed by atoms with van der Waals surface area (Å²) >= 11 is 6.06. The van der Waals surface area contributed by atoms with Crippen LogP contribution in [0.4, 0.5) is 0 Å². The van der Waals surface area contributed by atoms with Crippen LogP contribution in [-0.2, 0) is 4.79 Å². The number of nitrogens with one attached hydrogen (secondary N) is 1. The molecule has 8 nitrogen and oxygen atoms in total. The van der Waals surface area contributed by atoms with Crippen molar-refractivity contribution in [1.82, 2.24) is 10.2 Å². The van der Waals surface area contributed by atoms with E-state index in [1.54, 1.807) is 41.3 Å². The number of rotatable bonds is 7. The van der Waals surface area contributed by atoms with Crippen LogP contribution in [0.25, 0.3) is 0 Å². The monoisotopic (exact) mass is 446 g/mol. The number of likely N-dealkylation sites (tertiary alicyclic amines) is 1. The molecule has 0 aliphatic carbocycles. The molecule has 31 heavy (non-hydrogen) atoms. The SMILES string of the molecule is COc1ccc(Cl)cc1C(=O)N1CCCC1C(=O)NCCOc1ccc2c(c1)OCO2. The van der Waals surface area contributed by atoms with E-state index in [0.29, 0.717) is 53.1 Å².